The molecule has 5 heterocycles. The van der Waals surface area contributed by atoms with Gasteiger partial charge in [-0.05, 0) is 72.9 Å². The van der Waals surface area contributed by atoms with Crippen LogP contribution in [-0.4, -0.2) is 278 Å². The number of hydrogen-bond donors (Lipinski definition) is 17. The quantitative estimate of drug-likeness (QED) is 0.0230. The molecule has 0 saturated carbocycles. The number of aromatic nitrogens is 1. The Morgan fingerprint density at radius 1 is 0.730 bits per heavy atom. The molecule has 42 heteroatoms. The number of amides is 18. The maximum Gasteiger partial charge on any atom is 0.415 e. The van der Waals surface area contributed by atoms with E-state index in [2.05, 4.69) is 63.5 Å². The zero-order valence-electron chi connectivity index (χ0n) is 64.7. The molecule has 115 heavy (non-hydrogen) atoms. The number of aromatic amines is 1. The highest BCUT2D eigenvalue weighted by Gasteiger charge is 2.46. The molecule has 19 N–H and O–H groups in total. The van der Waals surface area contributed by atoms with Crippen LogP contribution in [0.4, 0.5) is 20.1 Å². The Balaban J connectivity index is 1.06. The van der Waals surface area contributed by atoms with E-state index in [0.717, 1.165) is 14.7 Å². The number of anilines is 1. The van der Waals surface area contributed by atoms with E-state index >= 15 is 4.21 Å². The molecule has 4 aliphatic heterocycles. The lowest BCUT2D eigenvalue weighted by molar-refractivity contribution is -0.144. The van der Waals surface area contributed by atoms with Crippen molar-refractivity contribution >= 4 is 128 Å². The molecule has 7 rings (SSSR count). The lowest BCUT2D eigenvalue weighted by Crippen LogP contribution is -2.62. The number of H-pyrrole nitrogens is 1. The molecule has 2 aromatic carbocycles. The minimum absolute atomic E-state index is 0.0333. The minimum atomic E-state index is -2.57. The van der Waals surface area contributed by atoms with Gasteiger partial charge in [0.1, 0.15) is 65.7 Å². The molecule has 41 nitrogen and oxygen atoms in total. The number of rotatable bonds is 29. The van der Waals surface area contributed by atoms with Gasteiger partial charge in [-0.1, -0.05) is 59.6 Å². The summed E-state index contributed by atoms with van der Waals surface area (Å²) >= 11 is 0. The molecule has 1 fully saturated rings. The van der Waals surface area contributed by atoms with Gasteiger partial charge in [-0.3, -0.25) is 76.2 Å². The zero-order valence-corrected chi connectivity index (χ0v) is 65.5. The van der Waals surface area contributed by atoms with Gasteiger partial charge in [0, 0.05) is 101 Å². The summed E-state index contributed by atoms with van der Waals surface area (Å²) in [6, 6.07) is -3.48. The van der Waals surface area contributed by atoms with E-state index in [-0.39, 0.29) is 85.0 Å². The smallest absolute Gasteiger partial charge is 0.415 e. The van der Waals surface area contributed by atoms with Crippen molar-refractivity contribution in [2.45, 2.75) is 171 Å². The predicted octanol–water partition coefficient (Wildman–Crippen LogP) is -4.43. The number of nitrogens with one attached hydrogen (secondary N) is 12. The number of ether oxygens (including phenoxy) is 2. The van der Waals surface area contributed by atoms with Gasteiger partial charge >= 0.3 is 18.2 Å². The summed E-state index contributed by atoms with van der Waals surface area (Å²) in [6.45, 7) is 4.54. The van der Waals surface area contributed by atoms with Gasteiger partial charge in [0.25, 0.3) is 11.8 Å². The van der Waals surface area contributed by atoms with E-state index in [1.165, 1.54) is 68.4 Å². The van der Waals surface area contributed by atoms with Crippen LogP contribution in [-0.2, 0) is 95.7 Å². The molecule has 0 spiro atoms. The van der Waals surface area contributed by atoms with Crippen molar-refractivity contribution in [2.24, 2.45) is 29.2 Å². The number of benzene rings is 2. The fraction of sp³-hybridized carbons (Fsp3) is 0.548. The van der Waals surface area contributed by atoms with Crippen LogP contribution in [0.5, 0.6) is 5.75 Å². The van der Waals surface area contributed by atoms with Crippen LogP contribution in [0.1, 0.15) is 104 Å². The van der Waals surface area contributed by atoms with Gasteiger partial charge in [0.15, 0.2) is 0 Å². The van der Waals surface area contributed by atoms with Crippen LogP contribution in [0.15, 0.2) is 59.6 Å². The Bertz CT molecular complexity index is 4180. The summed E-state index contributed by atoms with van der Waals surface area (Å²) in [6.07, 6.45) is -2.63. The van der Waals surface area contributed by atoms with Crippen molar-refractivity contribution in [3.05, 3.63) is 65.7 Å². The average Bonchev–Trinajstić information content (AvgIpc) is 1.64. The molecule has 4 aliphatic rings. The first-order valence-electron chi connectivity index (χ1n) is 37.5. The molecule has 1 aromatic heterocycles. The van der Waals surface area contributed by atoms with Crippen molar-refractivity contribution < 1.29 is 111 Å². The lowest BCUT2D eigenvalue weighted by atomic mass is 9.93. The van der Waals surface area contributed by atoms with Crippen LogP contribution < -0.4 is 74.7 Å². The van der Waals surface area contributed by atoms with E-state index in [9.17, 15) is 96.8 Å². The van der Waals surface area contributed by atoms with E-state index in [1.807, 2.05) is 0 Å². The number of nitrogens with zero attached hydrogens (tertiary/aromatic N) is 4. The number of aliphatic hydroxyl groups excluding tert-OH is 3. The van der Waals surface area contributed by atoms with Crippen LogP contribution >= 0.6 is 0 Å². The molecule has 13 atom stereocenters. The highest BCUT2D eigenvalue weighted by atomic mass is 32.2. The van der Waals surface area contributed by atoms with E-state index in [1.54, 1.807) is 39.8 Å². The molecule has 3 aromatic rings. The third-order valence-electron chi connectivity index (χ3n) is 19.8. The second-order valence-electron chi connectivity index (χ2n) is 28.8. The summed E-state index contributed by atoms with van der Waals surface area (Å²) < 4.78 is 26.5. The number of hydrogen-bond acceptors (Lipinski definition) is 23. The first-order chi connectivity index (χ1) is 54.5. The Morgan fingerprint density at radius 3 is 2.03 bits per heavy atom. The summed E-state index contributed by atoms with van der Waals surface area (Å²) in [4.78, 5) is 237. The van der Waals surface area contributed by atoms with Crippen molar-refractivity contribution in [2.75, 3.05) is 77.6 Å². The topological polar surface area (TPSA) is 600 Å². The monoisotopic (exact) mass is 1630 g/mol. The molecule has 0 aliphatic carbocycles. The van der Waals surface area contributed by atoms with Gasteiger partial charge in [-0.2, -0.15) is 0 Å². The van der Waals surface area contributed by atoms with Crippen LogP contribution in [0.25, 0.3) is 10.9 Å². The fourth-order valence-corrected chi connectivity index (χ4v) is 14.2. The number of fused-ring (bicyclic) bond motifs is 5. The summed E-state index contributed by atoms with van der Waals surface area (Å²) in [5, 5.41) is 59.6. The molecular weight excluding hydrogens is 1530 g/mol. The van der Waals surface area contributed by atoms with Crippen molar-refractivity contribution in [1.29, 1.82) is 0 Å². The van der Waals surface area contributed by atoms with Crippen LogP contribution in [0, 0.1) is 17.8 Å². The predicted molar refractivity (Wildman–Crippen MR) is 407 cm³/mol. The van der Waals surface area contributed by atoms with E-state index in [0.29, 0.717) is 31.2 Å². The number of urea groups is 1. The number of primary amides is 2. The van der Waals surface area contributed by atoms with Crippen molar-refractivity contribution in [1.82, 2.24) is 77.8 Å². The standard InChI is InChI=1S/C73H102N18O23S/c1-8-38(4)60-66(105)78-31-55(97)80-50-36-115(112)69-45(29-48(62(101)77-32-56(98)86-60)82-68(107)61(39(5)52(94)34-92)87-65(104)51-27-42(93)33-91(51)70(108)49(30-53(74)95)83-64(50)103)44-20-19-43(28-47(44)84-69)114-73(111)89(7)26-25-88(6)72(110)113-35-40-15-17-41(18-16-40)79-63(102)46(13-12-23-76-71(75)109)81-67(106)59(37(2)3)85-54(96)14-10-9-11-24-90-57(99)21-22-58(90)100/h15-22,28,37-39,42,46,48-52,59-61,84,92-94H,8-14,23-27,29-36H2,1-7H3,(H2,74,95)(H,77,101)(H,78,105)(H,79,102)(H,80,97)(H,81,106)(H,82,107)(H,83,103)(H,85,96)(H,86,98)(H,87,104)(H3,75,76,109)/t38-,39-,42+,46-,48+,49-,50-,51-,52-,59-,60-,61-,115?/m0/s1. The molecule has 1 unspecified atom stereocenters. The SMILES string of the molecule is CC[C@H](C)[C@@H]1NC(=O)CNC(=O)[C@H]2Cc3c([nH]c4cc(OC(=O)N(C)CCN(C)C(=O)OCc5ccc(NC(=O)[C@H](CCCNC(N)=O)NC(=O)[C@@H](NC(=O)CCCCCN6C(=O)C=CC6=O)C(C)C)cc5)ccc34)S(=O)C[C@H](NC(=O)CNC1=O)C(=O)N[C@@H](CC(N)=O)C(=O)N1C[C@H](O)C[C@H]1C(=O)N[C@@H]([C@@H](C)[C@@H](O)CO)C(=O)N2. The van der Waals surface area contributed by atoms with Crippen LogP contribution in [0.2, 0.25) is 0 Å². The summed E-state index contributed by atoms with van der Waals surface area (Å²) in [5.41, 5.74) is 11.6. The molecule has 1 saturated heterocycles. The second kappa shape index (κ2) is 42.5. The number of nitrogens with two attached hydrogens (primary N) is 2. The third kappa shape index (κ3) is 25.9. The minimum Gasteiger partial charge on any atom is -0.445 e. The molecule has 0 radical (unpaired) electrons. The third-order valence-corrected chi connectivity index (χ3v) is 21.2. The number of likely N-dealkylation sites (N-methyl/N-ethyl adjacent to an activating group) is 2. The zero-order chi connectivity index (χ0) is 84.7. The highest BCUT2D eigenvalue weighted by molar-refractivity contribution is 7.85. The Morgan fingerprint density at radius 2 is 1.39 bits per heavy atom. The summed E-state index contributed by atoms with van der Waals surface area (Å²) in [7, 11) is 0.187. The largest absolute Gasteiger partial charge is 0.445 e. The molecular formula is C73H102N18O23S. The number of imide groups is 1. The Kier molecular flexibility index (Phi) is 33.4. The normalized spacial score (nSPS) is 21.9. The summed E-state index contributed by atoms with van der Waals surface area (Å²) in [5.74, 6) is -15.9. The highest BCUT2D eigenvalue weighted by Crippen LogP contribution is 2.31. The first-order valence-corrected chi connectivity index (χ1v) is 38.8. The molecule has 628 valence electrons. The van der Waals surface area contributed by atoms with Crippen molar-refractivity contribution in [3.8, 4) is 5.75 Å². The fourth-order valence-electron chi connectivity index (χ4n) is 12.8. The van der Waals surface area contributed by atoms with Crippen LogP contribution in [0.3, 0.4) is 0 Å². The number of aliphatic hydroxyl groups is 3. The van der Waals surface area contributed by atoms with Gasteiger partial charge in [0.05, 0.1) is 60.4 Å². The molecule has 18 amide bonds. The van der Waals surface area contributed by atoms with E-state index in [4.69, 9.17) is 20.9 Å². The lowest BCUT2D eigenvalue weighted by Gasteiger charge is -2.32. The van der Waals surface area contributed by atoms with Crippen molar-refractivity contribution in [3.63, 3.8) is 0 Å². The number of carbonyl (C=O) groups excluding carboxylic acids is 17. The Hall–Kier alpha value is -11.7. The van der Waals surface area contributed by atoms with Gasteiger partial charge < -0.3 is 114 Å². The number of unbranched alkanes of at least 4 members (excludes halogenated alkanes) is 2. The molecule has 2 bridgehead atoms. The van der Waals surface area contributed by atoms with E-state index < -0.39 is 241 Å². The maximum absolute atomic E-state index is 15.2. The Labute approximate surface area is 663 Å². The van der Waals surface area contributed by atoms with Gasteiger partial charge in [0.2, 0.25) is 70.9 Å². The second-order valence-corrected chi connectivity index (χ2v) is 30.3. The average molecular weight is 1630 g/mol. The maximum atomic E-state index is 15.2. The van der Waals surface area contributed by atoms with Gasteiger partial charge in [-0.15, -0.1) is 0 Å². The number of carbonyl (C=O) groups is 17. The van der Waals surface area contributed by atoms with Gasteiger partial charge in [-0.25, -0.2) is 14.4 Å². The first kappa shape index (κ1) is 90.5.